The highest BCUT2D eigenvalue weighted by atomic mass is 19.1. The van der Waals surface area contributed by atoms with Crippen LogP contribution < -0.4 is 0 Å². The molecule has 0 saturated heterocycles. The van der Waals surface area contributed by atoms with Crippen LogP contribution in [-0.4, -0.2) is 5.11 Å². The molecule has 0 aromatic heterocycles. The summed E-state index contributed by atoms with van der Waals surface area (Å²) in [7, 11) is 0. The number of allylic oxidation sites excluding steroid dienone is 1. The van der Waals surface area contributed by atoms with Crippen molar-refractivity contribution in [2.45, 2.75) is 0 Å². The van der Waals surface area contributed by atoms with Crippen LogP contribution >= 0.6 is 0 Å². The van der Waals surface area contributed by atoms with E-state index in [4.69, 9.17) is 5.11 Å². The van der Waals surface area contributed by atoms with E-state index in [1.807, 2.05) is 0 Å². The zero-order valence-electron chi connectivity index (χ0n) is 2.86. The number of aliphatic hydroxyl groups is 1. The third kappa shape index (κ3) is 1.58. The Morgan fingerprint density at radius 3 is 2.33 bits per heavy atom. The fraction of sp³-hybridized carbons (Fsp3) is 0. The predicted molar refractivity (Wildman–Crippen MR) is 17.2 cm³/mol. The molecular formula is C3H3F2O+. The first-order valence-corrected chi connectivity index (χ1v) is 1.24. The third-order valence-electron chi connectivity index (χ3n) is 0.224. The van der Waals surface area contributed by atoms with Crippen LogP contribution in [0.25, 0.3) is 0 Å². The summed E-state index contributed by atoms with van der Waals surface area (Å²) in [5, 5.41) is 7.72. The second-order valence-corrected chi connectivity index (χ2v) is 0.643. The Morgan fingerprint density at radius 2 is 2.33 bits per heavy atom. The second-order valence-electron chi connectivity index (χ2n) is 0.643. The van der Waals surface area contributed by atoms with E-state index in [1.165, 1.54) is 0 Å². The van der Waals surface area contributed by atoms with E-state index in [1.54, 1.807) is 0 Å². The molecule has 0 unspecified atom stereocenters. The van der Waals surface area contributed by atoms with Gasteiger partial charge in [-0.3, -0.25) is 0 Å². The van der Waals surface area contributed by atoms with E-state index in [0.717, 1.165) is 0 Å². The molecule has 0 radical (unpaired) electrons. The van der Waals surface area contributed by atoms with Crippen molar-refractivity contribution in [3.8, 4) is 0 Å². The Hall–Kier alpha value is -0.730. The number of hydrogen-bond donors (Lipinski definition) is 1. The van der Waals surface area contributed by atoms with E-state index in [2.05, 4.69) is 0 Å². The van der Waals surface area contributed by atoms with Gasteiger partial charge in [0.25, 0.3) is 13.0 Å². The van der Waals surface area contributed by atoms with Gasteiger partial charge in [0.15, 0.2) is 0 Å². The summed E-state index contributed by atoms with van der Waals surface area (Å²) in [5.41, 5.74) is 0. The van der Waals surface area contributed by atoms with Gasteiger partial charge in [-0.25, -0.2) is 0 Å². The smallest absolute Gasteiger partial charge is 0.343 e. The van der Waals surface area contributed by atoms with Crippen molar-refractivity contribution in [1.29, 1.82) is 0 Å². The van der Waals surface area contributed by atoms with Gasteiger partial charge in [-0.2, -0.15) is 0 Å². The summed E-state index contributed by atoms with van der Waals surface area (Å²) < 4.78 is 21.4. The molecule has 0 fully saturated rings. The standard InChI is InChI=1S/C3H2F2O/c4-1-3(6)2-5/h1-2H/p+1/b3-1-. The molecule has 1 N–H and O–H groups in total. The zero-order valence-corrected chi connectivity index (χ0v) is 2.86. The van der Waals surface area contributed by atoms with Gasteiger partial charge in [-0.15, -0.1) is 0 Å². The quantitative estimate of drug-likeness (QED) is 0.384. The highest BCUT2D eigenvalue weighted by Crippen LogP contribution is 1.92. The number of hydrogen-bond acceptors (Lipinski definition) is 1. The zero-order chi connectivity index (χ0) is 4.99. The van der Waals surface area contributed by atoms with Crippen molar-refractivity contribution >= 4 is 0 Å². The topological polar surface area (TPSA) is 20.2 Å². The summed E-state index contributed by atoms with van der Waals surface area (Å²) in [6.45, 7) is -0.236. The van der Waals surface area contributed by atoms with Crippen molar-refractivity contribution in [2.75, 3.05) is 0 Å². The third-order valence-corrected chi connectivity index (χ3v) is 0.224. The van der Waals surface area contributed by atoms with E-state index in [-0.39, 0.29) is 13.0 Å². The molecule has 0 heterocycles. The van der Waals surface area contributed by atoms with Gasteiger partial charge in [-0.1, -0.05) is 8.78 Å². The summed E-state index contributed by atoms with van der Waals surface area (Å²) in [5.74, 6) is -0.991. The maximum Gasteiger partial charge on any atom is 0.343 e. The van der Waals surface area contributed by atoms with Gasteiger partial charge >= 0.3 is 5.76 Å². The molecule has 6 heavy (non-hydrogen) atoms. The molecule has 0 aliphatic carbocycles. The van der Waals surface area contributed by atoms with Crippen LogP contribution in [-0.2, 0) is 0 Å². The van der Waals surface area contributed by atoms with Crippen molar-refractivity contribution in [2.24, 2.45) is 0 Å². The SMILES string of the molecule is O/C(=C\F)[CH+]F. The fourth-order valence-corrected chi connectivity index (χ4v) is 0.0238. The summed E-state index contributed by atoms with van der Waals surface area (Å²) in [6.07, 6.45) is -0.236. The molecule has 0 aliphatic rings. The first-order chi connectivity index (χ1) is 2.81. The van der Waals surface area contributed by atoms with Crippen LogP contribution in [0, 0.1) is 6.67 Å². The minimum absolute atomic E-state index is 0.236. The molecule has 0 bridgehead atoms. The molecule has 0 amide bonds. The van der Waals surface area contributed by atoms with Crippen LogP contribution in [0.15, 0.2) is 12.1 Å². The Bertz CT molecular complexity index is 59.8. The number of rotatable bonds is 1. The minimum Gasteiger partial charge on any atom is -0.474 e. The molecule has 34 valence electrons. The molecule has 3 heteroatoms. The predicted octanol–water partition coefficient (Wildman–Crippen LogP) is 1.49. The van der Waals surface area contributed by atoms with Crippen LogP contribution in [0.2, 0.25) is 0 Å². The molecule has 0 atom stereocenters. The maximum absolute atomic E-state index is 10.7. The Kier molecular flexibility index (Phi) is 2.20. The molecular weight excluding hydrogens is 90.0 g/mol. The van der Waals surface area contributed by atoms with Crippen LogP contribution in [0.5, 0.6) is 0 Å². The van der Waals surface area contributed by atoms with E-state index in [9.17, 15) is 8.78 Å². The van der Waals surface area contributed by atoms with Gasteiger partial charge in [0.2, 0.25) is 0 Å². The minimum atomic E-state index is -0.991. The van der Waals surface area contributed by atoms with Gasteiger partial charge in [0, 0.05) is 0 Å². The first kappa shape index (κ1) is 5.27. The lowest BCUT2D eigenvalue weighted by Gasteiger charge is -1.66. The van der Waals surface area contributed by atoms with Crippen molar-refractivity contribution in [1.82, 2.24) is 0 Å². The highest BCUT2D eigenvalue weighted by Gasteiger charge is 1.98. The van der Waals surface area contributed by atoms with Crippen molar-refractivity contribution < 1.29 is 13.9 Å². The van der Waals surface area contributed by atoms with Crippen molar-refractivity contribution in [3.05, 3.63) is 18.8 Å². The first-order valence-electron chi connectivity index (χ1n) is 1.24. The summed E-state index contributed by atoms with van der Waals surface area (Å²) >= 11 is 0. The Balaban J connectivity index is 3.22. The molecule has 0 aliphatic heterocycles. The highest BCUT2D eigenvalue weighted by molar-refractivity contribution is 4.91. The monoisotopic (exact) mass is 93.0 g/mol. The fourth-order valence-electron chi connectivity index (χ4n) is 0.0238. The molecule has 0 rings (SSSR count). The Labute approximate surface area is 33.9 Å². The lowest BCUT2D eigenvalue weighted by Crippen LogP contribution is -1.69. The second kappa shape index (κ2) is 2.50. The largest absolute Gasteiger partial charge is 0.474 e. The van der Waals surface area contributed by atoms with Gasteiger partial charge in [0.1, 0.15) is 0 Å². The van der Waals surface area contributed by atoms with Gasteiger partial charge in [-0.05, 0) is 0 Å². The van der Waals surface area contributed by atoms with Crippen LogP contribution in [0.3, 0.4) is 0 Å². The molecule has 0 spiro atoms. The Morgan fingerprint density at radius 1 is 1.83 bits per heavy atom. The lowest BCUT2D eigenvalue weighted by molar-refractivity contribution is 0.370. The summed E-state index contributed by atoms with van der Waals surface area (Å²) in [6, 6.07) is 0. The normalized spacial score (nSPS) is 11.3. The van der Waals surface area contributed by atoms with E-state index >= 15 is 0 Å². The maximum atomic E-state index is 10.7. The van der Waals surface area contributed by atoms with E-state index in [0.29, 0.717) is 0 Å². The van der Waals surface area contributed by atoms with Crippen molar-refractivity contribution in [3.63, 3.8) is 0 Å². The molecule has 0 aromatic carbocycles. The average molecular weight is 93.1 g/mol. The van der Waals surface area contributed by atoms with E-state index < -0.39 is 5.76 Å². The lowest BCUT2D eigenvalue weighted by atomic mass is 10.6. The van der Waals surface area contributed by atoms with Crippen LogP contribution in [0.1, 0.15) is 0 Å². The van der Waals surface area contributed by atoms with Gasteiger partial charge in [0.05, 0.1) is 0 Å². The molecule has 0 saturated carbocycles. The summed E-state index contributed by atoms with van der Waals surface area (Å²) in [4.78, 5) is 0. The number of halogens is 2. The average Bonchev–Trinajstić information content (AvgIpc) is 1.65. The molecule has 1 nitrogen and oxygen atoms in total. The van der Waals surface area contributed by atoms with Crippen LogP contribution in [0.4, 0.5) is 8.78 Å². The van der Waals surface area contributed by atoms with Gasteiger partial charge < -0.3 is 5.11 Å². The number of aliphatic hydroxyl groups excluding tert-OH is 1. The molecule has 0 aromatic rings.